The molecular weight excluding hydrogens is 348 g/mol. The summed E-state index contributed by atoms with van der Waals surface area (Å²) in [5.41, 5.74) is 2.00. The van der Waals surface area contributed by atoms with Crippen LogP contribution in [-0.2, 0) is 17.7 Å². The van der Waals surface area contributed by atoms with E-state index in [0.717, 1.165) is 42.9 Å². The van der Waals surface area contributed by atoms with Gasteiger partial charge in [-0.05, 0) is 70.4 Å². The van der Waals surface area contributed by atoms with Crippen LogP contribution >= 0.6 is 10.5 Å². The zero-order valence-corrected chi connectivity index (χ0v) is 16.8. The van der Waals surface area contributed by atoms with Crippen molar-refractivity contribution in [2.24, 2.45) is 0 Å². The minimum Gasteiger partial charge on any atom is -0.456 e. The maximum Gasteiger partial charge on any atom is 0.340 e. The molecule has 0 amide bonds. The standard InChI is InChI=1S/C20H26N2O3S/c1-13-16(19(24)25-20(2,3)4)14-8-7-9-22(14)17(13)18(23)15(12-21)26-10-5-6-11-26/h5-11H2,1-4H3. The molecule has 0 N–H and O–H groups in total. The van der Waals surface area contributed by atoms with Crippen molar-refractivity contribution in [3.63, 3.8) is 0 Å². The number of ketones is 1. The molecule has 1 aromatic heterocycles. The number of hydrogen-bond acceptors (Lipinski definition) is 4. The van der Waals surface area contributed by atoms with E-state index in [1.54, 1.807) is 0 Å². The summed E-state index contributed by atoms with van der Waals surface area (Å²) < 4.78 is 7.53. The molecular formula is C20H26N2O3S. The highest BCUT2D eigenvalue weighted by molar-refractivity contribution is 8.17. The van der Waals surface area contributed by atoms with Crippen LogP contribution in [0.3, 0.4) is 0 Å². The highest BCUT2D eigenvalue weighted by Gasteiger charge is 2.34. The third-order valence-electron chi connectivity index (χ3n) is 4.86. The smallest absolute Gasteiger partial charge is 0.340 e. The van der Waals surface area contributed by atoms with E-state index >= 15 is 0 Å². The molecule has 0 bridgehead atoms. The zero-order valence-electron chi connectivity index (χ0n) is 16.0. The van der Waals surface area contributed by atoms with Gasteiger partial charge in [-0.2, -0.15) is 15.7 Å². The molecule has 0 aromatic carbocycles. The monoisotopic (exact) mass is 374 g/mol. The van der Waals surface area contributed by atoms with E-state index in [1.165, 1.54) is 0 Å². The lowest BCUT2D eigenvalue weighted by Crippen LogP contribution is -2.24. The van der Waals surface area contributed by atoms with Gasteiger partial charge in [-0.1, -0.05) is 0 Å². The van der Waals surface area contributed by atoms with E-state index in [1.807, 2.05) is 32.3 Å². The van der Waals surface area contributed by atoms with Gasteiger partial charge in [0.05, 0.1) is 11.3 Å². The number of hydrogen-bond donors (Lipinski definition) is 0. The summed E-state index contributed by atoms with van der Waals surface area (Å²) in [6, 6.07) is 2.19. The summed E-state index contributed by atoms with van der Waals surface area (Å²) in [6.45, 7) is 8.04. The number of rotatable bonds is 3. The fraction of sp³-hybridized carbons (Fsp3) is 0.600. The second kappa shape index (κ2) is 7.03. The third kappa shape index (κ3) is 3.37. The third-order valence-corrected chi connectivity index (χ3v) is 7.27. The van der Waals surface area contributed by atoms with Crippen molar-refractivity contribution in [3.05, 3.63) is 22.5 Å². The van der Waals surface area contributed by atoms with Gasteiger partial charge in [0.2, 0.25) is 5.78 Å². The van der Waals surface area contributed by atoms with Crippen LogP contribution in [0.15, 0.2) is 0 Å². The first-order valence-corrected chi connectivity index (χ1v) is 10.8. The minimum atomic E-state index is -0.587. The molecule has 1 fully saturated rings. The van der Waals surface area contributed by atoms with Gasteiger partial charge in [-0.15, -0.1) is 0 Å². The van der Waals surface area contributed by atoms with E-state index in [4.69, 9.17) is 4.74 Å². The Bertz CT molecular complexity index is 842. The molecule has 1 saturated heterocycles. The summed E-state index contributed by atoms with van der Waals surface area (Å²) in [5.74, 6) is 1.30. The van der Waals surface area contributed by atoms with Gasteiger partial charge in [0.1, 0.15) is 16.5 Å². The molecule has 0 aliphatic carbocycles. The maximum absolute atomic E-state index is 13.2. The predicted octanol–water partition coefficient (Wildman–Crippen LogP) is 3.64. The number of carbonyl (C=O) groups is 2. The molecule has 2 aliphatic rings. The summed E-state index contributed by atoms with van der Waals surface area (Å²) in [4.78, 5) is 26.4. The largest absolute Gasteiger partial charge is 0.456 e. The Morgan fingerprint density at radius 3 is 2.42 bits per heavy atom. The minimum absolute atomic E-state index is 0.187. The number of nitrogens with zero attached hydrogens (tertiary/aromatic N) is 2. The van der Waals surface area contributed by atoms with Crippen LogP contribution in [0, 0.1) is 18.3 Å². The van der Waals surface area contributed by atoms with E-state index < -0.39 is 5.60 Å². The Hall–Kier alpha value is -1.87. The fourth-order valence-corrected chi connectivity index (χ4v) is 6.03. The number of nitriles is 1. The average molecular weight is 375 g/mol. The van der Waals surface area contributed by atoms with Crippen molar-refractivity contribution in [2.75, 3.05) is 11.5 Å². The molecule has 0 radical (unpaired) electrons. The molecule has 26 heavy (non-hydrogen) atoms. The molecule has 0 unspecified atom stereocenters. The quantitative estimate of drug-likeness (QED) is 0.460. The molecule has 5 nitrogen and oxygen atoms in total. The number of aromatic nitrogens is 1. The van der Waals surface area contributed by atoms with Gasteiger partial charge in [-0.25, -0.2) is 4.79 Å². The van der Waals surface area contributed by atoms with Crippen molar-refractivity contribution < 1.29 is 14.3 Å². The first kappa shape index (κ1) is 18.9. The summed E-state index contributed by atoms with van der Waals surface area (Å²) >= 11 is 0. The molecule has 0 spiro atoms. The van der Waals surface area contributed by atoms with Crippen LogP contribution in [-0.4, -0.2) is 38.3 Å². The van der Waals surface area contributed by atoms with Gasteiger partial charge in [0, 0.05) is 12.2 Å². The van der Waals surface area contributed by atoms with E-state index in [-0.39, 0.29) is 22.2 Å². The van der Waals surface area contributed by atoms with E-state index in [0.29, 0.717) is 28.2 Å². The lowest BCUT2D eigenvalue weighted by Gasteiger charge is -2.19. The second-order valence-electron chi connectivity index (χ2n) is 7.93. The lowest BCUT2D eigenvalue weighted by atomic mass is 10.0. The Morgan fingerprint density at radius 1 is 1.19 bits per heavy atom. The van der Waals surface area contributed by atoms with Gasteiger partial charge in [0.15, 0.2) is 0 Å². The molecule has 140 valence electrons. The average Bonchev–Trinajstić information content (AvgIpc) is 3.22. The SMILES string of the molecule is Cc1c(C(=O)OC(C)(C)C)c2n(c1C(=O)C(C#N)=S1CCCC1)CCC2. The Kier molecular flexibility index (Phi) is 5.12. The predicted molar refractivity (Wildman–Crippen MR) is 104 cm³/mol. The molecule has 0 saturated carbocycles. The van der Waals surface area contributed by atoms with Crippen LogP contribution in [0.4, 0.5) is 0 Å². The van der Waals surface area contributed by atoms with Crippen LogP contribution in [0.5, 0.6) is 0 Å². The molecule has 1 aromatic rings. The van der Waals surface area contributed by atoms with Crippen molar-refractivity contribution in [1.29, 1.82) is 5.26 Å². The highest BCUT2D eigenvalue weighted by Crippen LogP contribution is 2.33. The fourth-order valence-electron chi connectivity index (χ4n) is 3.82. The van der Waals surface area contributed by atoms with Crippen molar-refractivity contribution >= 4 is 27.1 Å². The van der Waals surface area contributed by atoms with Gasteiger partial charge < -0.3 is 9.30 Å². The zero-order chi connectivity index (χ0) is 19.1. The number of esters is 1. The maximum atomic E-state index is 13.2. The van der Waals surface area contributed by atoms with Crippen molar-refractivity contribution in [2.45, 2.75) is 65.5 Å². The second-order valence-corrected chi connectivity index (χ2v) is 10.1. The number of ether oxygens (including phenoxy) is 1. The van der Waals surface area contributed by atoms with E-state index in [9.17, 15) is 14.9 Å². The first-order valence-electron chi connectivity index (χ1n) is 9.19. The van der Waals surface area contributed by atoms with Crippen LogP contribution in [0.25, 0.3) is 0 Å². The number of Topliss-reactive ketones (excluding diaryl/α,β-unsaturated/α-hetero) is 1. The van der Waals surface area contributed by atoms with Gasteiger partial charge in [0.25, 0.3) is 0 Å². The number of carbonyl (C=O) groups excluding carboxylic acids is 2. The summed E-state index contributed by atoms with van der Waals surface area (Å²) in [5, 5.41) is 9.62. The Labute approximate surface area is 157 Å². The van der Waals surface area contributed by atoms with Crippen LogP contribution in [0.1, 0.15) is 72.1 Å². The highest BCUT2D eigenvalue weighted by atomic mass is 32.2. The topological polar surface area (TPSA) is 72.1 Å². The molecule has 3 rings (SSSR count). The Morgan fingerprint density at radius 2 is 1.85 bits per heavy atom. The van der Waals surface area contributed by atoms with E-state index in [2.05, 4.69) is 6.07 Å². The Balaban J connectivity index is 2.08. The molecule has 6 heteroatoms. The number of fused-ring (bicyclic) bond motifs is 1. The van der Waals surface area contributed by atoms with Gasteiger partial charge in [-0.3, -0.25) is 4.79 Å². The van der Waals surface area contributed by atoms with Crippen molar-refractivity contribution in [3.8, 4) is 6.07 Å². The van der Waals surface area contributed by atoms with Crippen LogP contribution in [0.2, 0.25) is 0 Å². The first-order chi connectivity index (χ1) is 12.2. The lowest BCUT2D eigenvalue weighted by molar-refractivity contribution is 0.00678. The van der Waals surface area contributed by atoms with Crippen LogP contribution < -0.4 is 0 Å². The van der Waals surface area contributed by atoms with Gasteiger partial charge >= 0.3 is 5.97 Å². The normalized spacial score (nSPS) is 17.0. The van der Waals surface area contributed by atoms with Crippen molar-refractivity contribution in [1.82, 2.24) is 4.57 Å². The molecule has 3 heterocycles. The molecule has 2 aliphatic heterocycles. The summed E-state index contributed by atoms with van der Waals surface area (Å²) in [6.07, 6.45) is 3.82. The summed E-state index contributed by atoms with van der Waals surface area (Å²) in [7, 11) is -0.241. The molecule has 0 atom stereocenters.